The van der Waals surface area contributed by atoms with Gasteiger partial charge in [0.15, 0.2) is 0 Å². The second-order valence-corrected chi connectivity index (χ2v) is 7.50. The number of rotatable bonds is 7. The molecule has 1 aliphatic heterocycles. The molecule has 3 aromatic rings. The summed E-state index contributed by atoms with van der Waals surface area (Å²) in [4.78, 5) is 32.4. The van der Waals surface area contributed by atoms with Crippen LogP contribution in [0.4, 0.5) is 26.1 Å². The van der Waals surface area contributed by atoms with Crippen molar-refractivity contribution < 1.29 is 23.1 Å². The van der Waals surface area contributed by atoms with Crippen LogP contribution in [0.25, 0.3) is 11.1 Å². The van der Waals surface area contributed by atoms with E-state index in [0.717, 1.165) is 11.1 Å². The molecular formula is C23H21F2N5O3. The molecule has 170 valence electrons. The summed E-state index contributed by atoms with van der Waals surface area (Å²) in [7, 11) is 0. The fourth-order valence-corrected chi connectivity index (χ4v) is 3.36. The molecule has 2 heterocycles. The summed E-state index contributed by atoms with van der Waals surface area (Å²) in [5.41, 5.74) is 3.62. The van der Waals surface area contributed by atoms with E-state index in [9.17, 15) is 18.4 Å². The molecule has 0 spiro atoms. The molecule has 8 nitrogen and oxygen atoms in total. The predicted octanol–water partition coefficient (Wildman–Crippen LogP) is 4.01. The number of amides is 2. The molecule has 0 radical (unpaired) electrons. The first-order valence-electron chi connectivity index (χ1n) is 10.2. The van der Waals surface area contributed by atoms with Crippen LogP contribution in [-0.2, 0) is 9.59 Å². The standard InChI is InChI=1S/C23H21F2N5O3/c1-13-2-5-16(10-19(13)30-21(32)18-8-9-20(31)29-18)28-23-26-11-15(12-27-23)14-3-6-17(7-4-14)33-22(24)25/h2-7,10-12,18,22H,8-9H2,1H3,(H,29,31)(H,30,32)(H,26,27,28). The molecule has 1 fully saturated rings. The van der Waals surface area contributed by atoms with Crippen molar-refractivity contribution in [1.29, 1.82) is 0 Å². The molecule has 1 aromatic heterocycles. The van der Waals surface area contributed by atoms with Crippen LogP contribution in [0.3, 0.4) is 0 Å². The van der Waals surface area contributed by atoms with E-state index in [2.05, 4.69) is 30.7 Å². The Hall–Kier alpha value is -4.08. The molecule has 10 heteroatoms. The van der Waals surface area contributed by atoms with Crippen molar-refractivity contribution in [3.63, 3.8) is 0 Å². The van der Waals surface area contributed by atoms with Gasteiger partial charge in [0.1, 0.15) is 11.8 Å². The smallest absolute Gasteiger partial charge is 0.387 e. The van der Waals surface area contributed by atoms with Crippen molar-refractivity contribution in [2.75, 3.05) is 10.6 Å². The van der Waals surface area contributed by atoms with Crippen molar-refractivity contribution in [3.05, 3.63) is 60.4 Å². The van der Waals surface area contributed by atoms with Crippen LogP contribution < -0.4 is 20.7 Å². The van der Waals surface area contributed by atoms with Gasteiger partial charge in [-0.15, -0.1) is 0 Å². The summed E-state index contributed by atoms with van der Waals surface area (Å²) in [5, 5.41) is 8.59. The van der Waals surface area contributed by atoms with Crippen molar-refractivity contribution in [3.8, 4) is 16.9 Å². The van der Waals surface area contributed by atoms with Crippen molar-refractivity contribution in [1.82, 2.24) is 15.3 Å². The number of nitrogens with one attached hydrogen (secondary N) is 3. The molecule has 2 aromatic carbocycles. The number of carbonyl (C=O) groups excluding carboxylic acids is 2. The first-order chi connectivity index (χ1) is 15.9. The highest BCUT2D eigenvalue weighted by molar-refractivity contribution is 5.99. The van der Waals surface area contributed by atoms with Gasteiger partial charge in [-0.05, 0) is 48.7 Å². The van der Waals surface area contributed by atoms with E-state index in [1.165, 1.54) is 12.1 Å². The molecule has 0 aliphatic carbocycles. The number of anilines is 3. The minimum atomic E-state index is -2.87. The zero-order chi connectivity index (χ0) is 23.4. The first-order valence-corrected chi connectivity index (χ1v) is 10.2. The van der Waals surface area contributed by atoms with E-state index < -0.39 is 12.7 Å². The maximum absolute atomic E-state index is 12.4. The van der Waals surface area contributed by atoms with Crippen LogP contribution in [0.15, 0.2) is 54.9 Å². The van der Waals surface area contributed by atoms with Crippen molar-refractivity contribution in [2.24, 2.45) is 0 Å². The molecule has 1 saturated heterocycles. The molecule has 3 N–H and O–H groups in total. The SMILES string of the molecule is Cc1ccc(Nc2ncc(-c3ccc(OC(F)F)cc3)cn2)cc1NC(=O)C1CCC(=O)N1. The van der Waals surface area contributed by atoms with Gasteiger partial charge in [-0.3, -0.25) is 9.59 Å². The lowest BCUT2D eigenvalue weighted by atomic mass is 10.1. The minimum Gasteiger partial charge on any atom is -0.435 e. The highest BCUT2D eigenvalue weighted by atomic mass is 19.3. The van der Waals surface area contributed by atoms with Gasteiger partial charge in [0.25, 0.3) is 0 Å². The van der Waals surface area contributed by atoms with Crippen LogP contribution in [-0.4, -0.2) is 34.4 Å². The van der Waals surface area contributed by atoms with Gasteiger partial charge in [0.2, 0.25) is 17.8 Å². The van der Waals surface area contributed by atoms with E-state index in [4.69, 9.17) is 0 Å². The summed E-state index contributed by atoms with van der Waals surface area (Å²) < 4.78 is 28.9. The van der Waals surface area contributed by atoms with Crippen LogP contribution in [0.5, 0.6) is 5.75 Å². The van der Waals surface area contributed by atoms with E-state index in [0.29, 0.717) is 35.7 Å². The number of halogens is 2. The quantitative estimate of drug-likeness (QED) is 0.499. The number of hydrogen-bond donors (Lipinski definition) is 3. The summed E-state index contributed by atoms with van der Waals surface area (Å²) in [5.74, 6) is 0.0399. The van der Waals surface area contributed by atoms with Crippen LogP contribution in [0.2, 0.25) is 0 Å². The molecule has 1 atom stereocenters. The molecule has 1 aliphatic rings. The van der Waals surface area contributed by atoms with Crippen molar-refractivity contribution in [2.45, 2.75) is 32.4 Å². The van der Waals surface area contributed by atoms with Gasteiger partial charge < -0.3 is 20.7 Å². The first kappa shape index (κ1) is 22.1. The number of alkyl halides is 2. The Morgan fingerprint density at radius 3 is 2.48 bits per heavy atom. The largest absolute Gasteiger partial charge is 0.435 e. The van der Waals surface area contributed by atoms with Gasteiger partial charge in [0, 0.05) is 35.8 Å². The zero-order valence-corrected chi connectivity index (χ0v) is 17.6. The molecule has 4 rings (SSSR count). The third-order valence-electron chi connectivity index (χ3n) is 5.13. The van der Waals surface area contributed by atoms with Crippen LogP contribution >= 0.6 is 0 Å². The topological polar surface area (TPSA) is 105 Å². The summed E-state index contributed by atoms with van der Waals surface area (Å²) in [6.45, 7) is -1.00. The van der Waals surface area contributed by atoms with Gasteiger partial charge in [0.05, 0.1) is 0 Å². The summed E-state index contributed by atoms with van der Waals surface area (Å²) in [6, 6.07) is 11.1. The normalized spacial score (nSPS) is 15.3. The number of ether oxygens (including phenoxy) is 1. The van der Waals surface area contributed by atoms with Gasteiger partial charge in [-0.2, -0.15) is 8.78 Å². The monoisotopic (exact) mass is 453 g/mol. The zero-order valence-electron chi connectivity index (χ0n) is 17.6. The second-order valence-electron chi connectivity index (χ2n) is 7.50. The highest BCUT2D eigenvalue weighted by Crippen LogP contribution is 2.25. The number of aryl methyl sites for hydroxylation is 1. The Bertz CT molecular complexity index is 1150. The maximum atomic E-state index is 12.4. The number of hydrogen-bond acceptors (Lipinski definition) is 6. The molecular weight excluding hydrogens is 432 g/mol. The molecule has 2 amide bonds. The molecule has 1 unspecified atom stereocenters. The second kappa shape index (κ2) is 9.60. The Balaban J connectivity index is 1.42. The van der Waals surface area contributed by atoms with E-state index >= 15 is 0 Å². The average Bonchev–Trinajstić information content (AvgIpc) is 3.23. The Morgan fingerprint density at radius 1 is 1.12 bits per heavy atom. The van der Waals surface area contributed by atoms with E-state index in [1.807, 2.05) is 19.1 Å². The van der Waals surface area contributed by atoms with Crippen molar-refractivity contribution >= 4 is 29.1 Å². The fraction of sp³-hybridized carbons (Fsp3) is 0.217. The fourth-order valence-electron chi connectivity index (χ4n) is 3.36. The summed E-state index contributed by atoms with van der Waals surface area (Å²) in [6.07, 6.45) is 4.04. The Kier molecular flexibility index (Phi) is 6.43. The minimum absolute atomic E-state index is 0.0746. The lowest BCUT2D eigenvalue weighted by molar-refractivity contribution is -0.122. The van der Waals surface area contributed by atoms with Gasteiger partial charge >= 0.3 is 6.61 Å². The lowest BCUT2D eigenvalue weighted by Gasteiger charge is -2.14. The van der Waals surface area contributed by atoms with E-state index in [1.54, 1.807) is 30.6 Å². The molecule has 0 bridgehead atoms. The number of carbonyl (C=O) groups is 2. The van der Waals surface area contributed by atoms with Crippen LogP contribution in [0.1, 0.15) is 18.4 Å². The van der Waals surface area contributed by atoms with Crippen LogP contribution in [0, 0.1) is 6.92 Å². The lowest BCUT2D eigenvalue weighted by Crippen LogP contribution is -2.37. The maximum Gasteiger partial charge on any atom is 0.387 e. The molecule has 0 saturated carbocycles. The van der Waals surface area contributed by atoms with Gasteiger partial charge in [-0.25, -0.2) is 9.97 Å². The molecule has 33 heavy (non-hydrogen) atoms. The average molecular weight is 453 g/mol. The predicted molar refractivity (Wildman–Crippen MR) is 118 cm³/mol. The number of aromatic nitrogens is 2. The number of benzene rings is 2. The number of nitrogens with zero attached hydrogens (tertiary/aromatic N) is 2. The highest BCUT2D eigenvalue weighted by Gasteiger charge is 2.27. The third kappa shape index (κ3) is 5.59. The van der Waals surface area contributed by atoms with E-state index in [-0.39, 0.29) is 17.6 Å². The Morgan fingerprint density at radius 2 is 1.85 bits per heavy atom. The Labute approximate surface area is 188 Å². The third-order valence-corrected chi connectivity index (χ3v) is 5.13. The summed E-state index contributed by atoms with van der Waals surface area (Å²) >= 11 is 0. The van der Waals surface area contributed by atoms with Gasteiger partial charge in [-0.1, -0.05) is 18.2 Å².